The molecule has 128 valence electrons. The lowest BCUT2D eigenvalue weighted by molar-refractivity contribution is 0.0607. The Hall–Kier alpha value is -2.69. The fourth-order valence-corrected chi connectivity index (χ4v) is 3.63. The van der Waals surface area contributed by atoms with Crippen molar-refractivity contribution in [1.29, 1.82) is 0 Å². The number of piperidine rings is 1. The maximum absolute atomic E-state index is 13.3. The van der Waals surface area contributed by atoms with Crippen molar-refractivity contribution in [3.8, 4) is 0 Å². The highest BCUT2D eigenvalue weighted by Gasteiger charge is 2.30. The number of carbonyl (C=O) groups is 1. The number of carbonyl (C=O) groups excluding carboxylic acids is 1. The summed E-state index contributed by atoms with van der Waals surface area (Å²) in [5, 5.41) is 8.08. The number of halogens is 1. The first-order valence-electron chi connectivity index (χ1n) is 8.64. The Bertz CT molecular complexity index is 916. The summed E-state index contributed by atoms with van der Waals surface area (Å²) in [6, 6.07) is 12.4. The van der Waals surface area contributed by atoms with Gasteiger partial charge in [0.15, 0.2) is 5.69 Å². The van der Waals surface area contributed by atoms with Crippen LogP contribution < -0.4 is 0 Å². The van der Waals surface area contributed by atoms with Gasteiger partial charge in [-0.25, -0.2) is 4.39 Å². The van der Waals surface area contributed by atoms with Gasteiger partial charge in [0, 0.05) is 11.9 Å². The van der Waals surface area contributed by atoms with Gasteiger partial charge < -0.3 is 4.90 Å². The van der Waals surface area contributed by atoms with E-state index in [1.807, 2.05) is 30.0 Å². The molecule has 1 N–H and O–H groups in total. The van der Waals surface area contributed by atoms with E-state index in [2.05, 4.69) is 10.2 Å². The molecule has 5 heteroatoms. The summed E-state index contributed by atoms with van der Waals surface area (Å²) in [5.41, 5.74) is 3.40. The normalized spacial score (nSPS) is 17.8. The molecule has 4 rings (SSSR count). The molecule has 0 spiro atoms. The van der Waals surface area contributed by atoms with Crippen LogP contribution in [-0.2, 0) is 0 Å². The predicted molar refractivity (Wildman–Crippen MR) is 94.9 cm³/mol. The van der Waals surface area contributed by atoms with Crippen molar-refractivity contribution in [3.63, 3.8) is 0 Å². The fraction of sp³-hybridized carbons (Fsp3) is 0.300. The number of fused-ring (bicyclic) bond motifs is 1. The minimum atomic E-state index is -0.258. The first-order valence-corrected chi connectivity index (χ1v) is 8.64. The minimum absolute atomic E-state index is 0.0293. The number of rotatable bonds is 2. The first kappa shape index (κ1) is 15.8. The van der Waals surface area contributed by atoms with Crippen LogP contribution in [0.25, 0.3) is 10.9 Å². The number of nitrogens with zero attached hydrogens (tertiary/aromatic N) is 2. The second kappa shape index (κ2) is 6.31. The Balaban J connectivity index is 1.71. The molecule has 1 atom stereocenters. The molecule has 0 aliphatic carbocycles. The average molecular weight is 337 g/mol. The van der Waals surface area contributed by atoms with Gasteiger partial charge in [-0.1, -0.05) is 23.8 Å². The van der Waals surface area contributed by atoms with E-state index in [1.54, 1.807) is 12.1 Å². The van der Waals surface area contributed by atoms with Crippen LogP contribution in [0.1, 0.15) is 46.9 Å². The summed E-state index contributed by atoms with van der Waals surface area (Å²) in [5.74, 6) is -0.322. The molecule has 1 saturated heterocycles. The van der Waals surface area contributed by atoms with Crippen LogP contribution in [0.4, 0.5) is 4.39 Å². The van der Waals surface area contributed by atoms with E-state index >= 15 is 0 Å². The van der Waals surface area contributed by atoms with Crippen molar-refractivity contribution in [3.05, 3.63) is 65.1 Å². The van der Waals surface area contributed by atoms with Crippen LogP contribution in [0.2, 0.25) is 0 Å². The topological polar surface area (TPSA) is 49.0 Å². The number of benzene rings is 2. The molecule has 1 fully saturated rings. The molecule has 2 aromatic carbocycles. The average Bonchev–Trinajstić information content (AvgIpc) is 3.05. The Kier molecular flexibility index (Phi) is 3.99. The number of likely N-dealkylation sites (tertiary alicyclic amines) is 1. The third-order valence-electron chi connectivity index (χ3n) is 4.94. The van der Waals surface area contributed by atoms with Crippen molar-refractivity contribution in [2.75, 3.05) is 6.54 Å². The summed E-state index contributed by atoms with van der Waals surface area (Å²) in [4.78, 5) is 15.1. The smallest absolute Gasteiger partial charge is 0.275 e. The highest BCUT2D eigenvalue weighted by molar-refractivity contribution is 6.05. The van der Waals surface area contributed by atoms with Crippen molar-refractivity contribution in [2.45, 2.75) is 32.2 Å². The predicted octanol–water partition coefficient (Wildman–Crippen LogP) is 4.38. The molecule has 0 bridgehead atoms. The van der Waals surface area contributed by atoms with Crippen LogP contribution in [0.15, 0.2) is 42.5 Å². The largest absolute Gasteiger partial charge is 0.330 e. The van der Waals surface area contributed by atoms with E-state index < -0.39 is 0 Å². The molecule has 0 radical (unpaired) electrons. The van der Waals surface area contributed by atoms with Crippen molar-refractivity contribution in [2.24, 2.45) is 0 Å². The highest BCUT2D eigenvalue weighted by Crippen LogP contribution is 2.33. The Morgan fingerprint density at radius 1 is 1.20 bits per heavy atom. The van der Waals surface area contributed by atoms with E-state index in [0.29, 0.717) is 12.2 Å². The second-order valence-electron chi connectivity index (χ2n) is 6.68. The Morgan fingerprint density at radius 3 is 2.80 bits per heavy atom. The van der Waals surface area contributed by atoms with E-state index in [1.165, 1.54) is 12.1 Å². The van der Waals surface area contributed by atoms with Crippen molar-refractivity contribution < 1.29 is 9.18 Å². The van der Waals surface area contributed by atoms with Crippen molar-refractivity contribution >= 4 is 16.8 Å². The summed E-state index contributed by atoms with van der Waals surface area (Å²) in [7, 11) is 0. The van der Waals surface area contributed by atoms with Gasteiger partial charge in [-0.3, -0.25) is 9.89 Å². The molecule has 1 amide bonds. The molecular formula is C20H20FN3O. The number of amides is 1. The first-order chi connectivity index (χ1) is 12.1. The van der Waals surface area contributed by atoms with Crippen LogP contribution in [0.3, 0.4) is 0 Å². The molecule has 25 heavy (non-hydrogen) atoms. The van der Waals surface area contributed by atoms with Gasteiger partial charge in [-0.2, -0.15) is 5.10 Å². The molecule has 0 saturated carbocycles. The summed E-state index contributed by atoms with van der Waals surface area (Å²) < 4.78 is 13.3. The Labute approximate surface area is 145 Å². The summed E-state index contributed by atoms with van der Waals surface area (Å²) >= 11 is 0. The third kappa shape index (κ3) is 2.90. The zero-order valence-electron chi connectivity index (χ0n) is 14.1. The van der Waals surface area contributed by atoms with Gasteiger partial charge in [0.05, 0.1) is 11.6 Å². The van der Waals surface area contributed by atoms with Gasteiger partial charge in [0.25, 0.3) is 5.91 Å². The summed E-state index contributed by atoms with van der Waals surface area (Å²) in [6.45, 7) is 2.70. The zero-order chi connectivity index (χ0) is 17.4. The molecule has 1 aliphatic heterocycles. The van der Waals surface area contributed by atoms with Crippen LogP contribution in [-0.4, -0.2) is 27.5 Å². The monoisotopic (exact) mass is 337 g/mol. The lowest BCUT2D eigenvalue weighted by Crippen LogP contribution is -2.38. The number of aromatic amines is 1. The zero-order valence-corrected chi connectivity index (χ0v) is 14.1. The molecule has 1 unspecified atom stereocenters. The molecule has 4 nitrogen and oxygen atoms in total. The number of hydrogen-bond donors (Lipinski definition) is 1. The number of hydrogen-bond acceptors (Lipinski definition) is 2. The standard InChI is InChI=1S/C20H20FN3O/c1-13-5-10-17-16(12-13)19(23-22-17)20(25)24-11-3-2-4-18(24)14-6-8-15(21)9-7-14/h5-10,12,18H,2-4,11H2,1H3,(H,22,23). The lowest BCUT2D eigenvalue weighted by Gasteiger charge is -2.35. The molecule has 1 aliphatic rings. The fourth-order valence-electron chi connectivity index (χ4n) is 3.63. The van der Waals surface area contributed by atoms with E-state index in [-0.39, 0.29) is 17.8 Å². The molecule has 2 heterocycles. The number of H-pyrrole nitrogens is 1. The lowest BCUT2D eigenvalue weighted by atomic mass is 9.94. The molecule has 1 aromatic heterocycles. The maximum atomic E-state index is 13.3. The second-order valence-corrected chi connectivity index (χ2v) is 6.68. The quantitative estimate of drug-likeness (QED) is 0.754. The van der Waals surface area contributed by atoms with E-state index in [9.17, 15) is 9.18 Å². The van der Waals surface area contributed by atoms with Gasteiger partial charge in [-0.05, 0) is 56.0 Å². The highest BCUT2D eigenvalue weighted by atomic mass is 19.1. The molecular weight excluding hydrogens is 317 g/mol. The Morgan fingerprint density at radius 2 is 2.00 bits per heavy atom. The van der Waals surface area contributed by atoms with Crippen LogP contribution in [0, 0.1) is 12.7 Å². The van der Waals surface area contributed by atoms with Gasteiger partial charge in [0.2, 0.25) is 0 Å². The number of nitrogens with one attached hydrogen (secondary N) is 1. The van der Waals surface area contributed by atoms with Crippen molar-refractivity contribution in [1.82, 2.24) is 15.1 Å². The van der Waals surface area contributed by atoms with E-state index in [4.69, 9.17) is 0 Å². The SMILES string of the molecule is Cc1ccc2[nH]nc(C(=O)N3CCCCC3c3ccc(F)cc3)c2c1. The van der Waals surface area contributed by atoms with Crippen LogP contribution >= 0.6 is 0 Å². The van der Waals surface area contributed by atoms with Gasteiger partial charge in [0.1, 0.15) is 5.82 Å². The maximum Gasteiger partial charge on any atom is 0.275 e. The number of aromatic nitrogens is 2. The molecule has 3 aromatic rings. The number of aryl methyl sites for hydroxylation is 1. The minimum Gasteiger partial charge on any atom is -0.330 e. The summed E-state index contributed by atoms with van der Waals surface area (Å²) in [6.07, 6.45) is 2.93. The third-order valence-corrected chi connectivity index (χ3v) is 4.94. The van der Waals surface area contributed by atoms with Gasteiger partial charge in [-0.15, -0.1) is 0 Å². The van der Waals surface area contributed by atoms with Crippen LogP contribution in [0.5, 0.6) is 0 Å². The van der Waals surface area contributed by atoms with E-state index in [0.717, 1.165) is 41.3 Å². The van der Waals surface area contributed by atoms with Gasteiger partial charge >= 0.3 is 0 Å².